The fourth-order valence-corrected chi connectivity index (χ4v) is 5.60. The molecule has 2 N–H and O–H groups in total. The molecule has 4 aromatic rings. The van der Waals surface area contributed by atoms with Crippen molar-refractivity contribution >= 4 is 29.1 Å². The Kier molecular flexibility index (Phi) is 8.20. The molecule has 10 nitrogen and oxygen atoms in total. The van der Waals surface area contributed by atoms with Crippen molar-refractivity contribution in [2.45, 2.75) is 32.6 Å². The lowest BCUT2D eigenvalue weighted by molar-refractivity contribution is 0.0711. The Hall–Kier alpha value is -4.51. The van der Waals surface area contributed by atoms with Crippen LogP contribution in [0.15, 0.2) is 64.5 Å². The van der Waals surface area contributed by atoms with Gasteiger partial charge in [0.15, 0.2) is 0 Å². The molecule has 206 valence electrons. The van der Waals surface area contributed by atoms with Gasteiger partial charge < -0.3 is 14.2 Å². The highest BCUT2D eigenvalue weighted by Crippen LogP contribution is 2.32. The molecule has 1 aliphatic rings. The summed E-state index contributed by atoms with van der Waals surface area (Å²) in [7, 11) is 0. The number of ether oxygens (including phenoxy) is 1. The summed E-state index contributed by atoms with van der Waals surface area (Å²) in [4.78, 5) is 44.8. The van der Waals surface area contributed by atoms with E-state index in [2.05, 4.69) is 21.0 Å². The van der Waals surface area contributed by atoms with Crippen LogP contribution in [0.2, 0.25) is 0 Å². The maximum absolute atomic E-state index is 13.4. The van der Waals surface area contributed by atoms with E-state index in [-0.39, 0.29) is 17.5 Å². The highest BCUT2D eigenvalue weighted by atomic mass is 32.1. The number of likely N-dealkylation sites (tertiary alicyclic amines) is 1. The van der Waals surface area contributed by atoms with Crippen LogP contribution in [0.1, 0.15) is 67.7 Å². The third-order valence-electron chi connectivity index (χ3n) is 6.71. The zero-order valence-electron chi connectivity index (χ0n) is 22.2. The molecule has 0 aliphatic carbocycles. The fraction of sp³-hybridized carbons (Fsp3) is 0.276. The van der Waals surface area contributed by atoms with Crippen LogP contribution in [0.3, 0.4) is 0 Å². The van der Waals surface area contributed by atoms with Gasteiger partial charge in [-0.3, -0.25) is 25.2 Å². The van der Waals surface area contributed by atoms with Crippen molar-refractivity contribution in [3.63, 3.8) is 0 Å². The second-order valence-electron chi connectivity index (χ2n) is 9.33. The van der Waals surface area contributed by atoms with Crippen LogP contribution in [0.5, 0.6) is 5.75 Å². The van der Waals surface area contributed by atoms with Crippen molar-refractivity contribution in [1.82, 2.24) is 25.9 Å². The molecule has 0 radical (unpaired) electrons. The number of amides is 3. The lowest BCUT2D eigenvalue weighted by atomic mass is 9.96. The van der Waals surface area contributed by atoms with E-state index in [1.165, 1.54) is 11.3 Å². The van der Waals surface area contributed by atoms with Crippen molar-refractivity contribution in [2.75, 3.05) is 19.7 Å². The first-order valence-corrected chi connectivity index (χ1v) is 13.9. The number of hydrazine groups is 1. The molecule has 0 atom stereocenters. The van der Waals surface area contributed by atoms with Crippen molar-refractivity contribution < 1.29 is 23.6 Å². The zero-order valence-corrected chi connectivity index (χ0v) is 23.0. The van der Waals surface area contributed by atoms with Gasteiger partial charge in [0.1, 0.15) is 28.5 Å². The third-order valence-corrected chi connectivity index (χ3v) is 7.71. The van der Waals surface area contributed by atoms with E-state index in [0.29, 0.717) is 48.0 Å². The molecule has 1 fully saturated rings. The predicted octanol–water partition coefficient (Wildman–Crippen LogP) is 4.60. The van der Waals surface area contributed by atoms with E-state index in [4.69, 9.17) is 9.26 Å². The minimum Gasteiger partial charge on any atom is -0.494 e. The van der Waals surface area contributed by atoms with Crippen LogP contribution >= 0.6 is 11.3 Å². The summed E-state index contributed by atoms with van der Waals surface area (Å²) in [6.45, 7) is 5.21. The van der Waals surface area contributed by atoms with Crippen LogP contribution in [-0.4, -0.2) is 52.5 Å². The van der Waals surface area contributed by atoms with Gasteiger partial charge in [-0.15, -0.1) is 11.3 Å². The lowest BCUT2D eigenvalue weighted by Crippen LogP contribution is -2.41. The van der Waals surface area contributed by atoms with Gasteiger partial charge in [-0.25, -0.2) is 4.98 Å². The molecular formula is C29H29N5O5S. The Balaban J connectivity index is 1.16. The van der Waals surface area contributed by atoms with Crippen molar-refractivity contribution in [3.8, 4) is 17.0 Å². The number of aromatic nitrogens is 2. The molecule has 0 bridgehead atoms. The Bertz CT molecular complexity index is 1510. The molecule has 5 rings (SSSR count). The van der Waals surface area contributed by atoms with Crippen molar-refractivity contribution in [3.05, 3.63) is 87.6 Å². The number of nitrogens with zero attached hydrogens (tertiary/aromatic N) is 3. The highest BCUT2D eigenvalue weighted by molar-refractivity contribution is 7.09. The van der Waals surface area contributed by atoms with Crippen molar-refractivity contribution in [1.29, 1.82) is 0 Å². The number of rotatable bonds is 7. The van der Waals surface area contributed by atoms with Gasteiger partial charge in [0.2, 0.25) is 0 Å². The summed E-state index contributed by atoms with van der Waals surface area (Å²) < 4.78 is 10.8. The maximum Gasteiger partial charge on any atom is 0.289 e. The smallest absolute Gasteiger partial charge is 0.289 e. The molecule has 0 unspecified atom stereocenters. The first kappa shape index (κ1) is 27.1. The van der Waals surface area contributed by atoms with Gasteiger partial charge in [0.05, 0.1) is 11.6 Å². The van der Waals surface area contributed by atoms with Crippen LogP contribution < -0.4 is 15.6 Å². The molecule has 2 aromatic heterocycles. The molecule has 1 aliphatic heterocycles. The summed E-state index contributed by atoms with van der Waals surface area (Å²) in [5, 5.41) is 6.65. The first-order chi connectivity index (χ1) is 19.4. The molecule has 3 heterocycles. The van der Waals surface area contributed by atoms with E-state index in [0.717, 1.165) is 23.4 Å². The van der Waals surface area contributed by atoms with Crippen LogP contribution in [-0.2, 0) is 0 Å². The lowest BCUT2D eigenvalue weighted by Gasteiger charge is -2.31. The van der Waals surface area contributed by atoms with E-state index >= 15 is 0 Å². The average Bonchev–Trinajstić information content (AvgIpc) is 3.64. The monoisotopic (exact) mass is 559 g/mol. The summed E-state index contributed by atoms with van der Waals surface area (Å²) >= 11 is 1.40. The van der Waals surface area contributed by atoms with Crippen LogP contribution in [0.25, 0.3) is 11.3 Å². The van der Waals surface area contributed by atoms with Gasteiger partial charge >= 0.3 is 0 Å². The number of thiazole rings is 1. The second-order valence-corrected chi connectivity index (χ2v) is 10.2. The van der Waals surface area contributed by atoms with Gasteiger partial charge in [-0.2, -0.15) is 0 Å². The van der Waals surface area contributed by atoms with Gasteiger partial charge in [0, 0.05) is 35.5 Å². The zero-order chi connectivity index (χ0) is 28.1. The first-order valence-electron chi connectivity index (χ1n) is 13.0. The quantitative estimate of drug-likeness (QED) is 0.317. The molecule has 1 saturated heterocycles. The van der Waals surface area contributed by atoms with E-state index in [9.17, 15) is 14.4 Å². The average molecular weight is 560 g/mol. The van der Waals surface area contributed by atoms with Gasteiger partial charge in [0.25, 0.3) is 17.7 Å². The van der Waals surface area contributed by atoms with Gasteiger partial charge in [-0.05, 0) is 44.9 Å². The van der Waals surface area contributed by atoms with E-state index in [1.54, 1.807) is 36.6 Å². The van der Waals surface area contributed by atoms with E-state index < -0.39 is 11.8 Å². The standard InChI is InChI=1S/C29H29N5O5S/c1-3-38-22-11-7-10-21(16-22)26(35)31-32-27(36)23-17-40-28(30-23)20-12-14-34(15-13-20)29(37)24-18(2)39-33-25(24)19-8-5-4-6-9-19/h4-11,16-17,20H,3,12-15H2,1-2H3,(H,31,35)(H,32,36). The summed E-state index contributed by atoms with van der Waals surface area (Å²) in [6.07, 6.45) is 1.44. The maximum atomic E-state index is 13.4. The number of benzene rings is 2. The number of nitrogens with one attached hydrogen (secondary N) is 2. The molecule has 11 heteroatoms. The summed E-state index contributed by atoms with van der Waals surface area (Å²) in [5.74, 6) is 0.144. The Morgan fingerprint density at radius 3 is 2.55 bits per heavy atom. The summed E-state index contributed by atoms with van der Waals surface area (Å²) in [5.41, 5.74) is 7.32. The van der Waals surface area contributed by atoms with E-state index in [1.807, 2.05) is 42.2 Å². The minimum absolute atomic E-state index is 0.0993. The summed E-state index contributed by atoms with van der Waals surface area (Å²) in [6, 6.07) is 16.2. The molecule has 3 amide bonds. The minimum atomic E-state index is -0.499. The number of piperidine rings is 1. The number of hydrogen-bond donors (Lipinski definition) is 2. The van der Waals surface area contributed by atoms with Gasteiger partial charge in [-0.1, -0.05) is 41.6 Å². The number of carbonyl (C=O) groups excluding carboxylic acids is 3. The Labute approximate surface area is 235 Å². The molecular weight excluding hydrogens is 530 g/mol. The normalized spacial score (nSPS) is 13.6. The number of carbonyl (C=O) groups is 3. The molecule has 2 aromatic carbocycles. The predicted molar refractivity (Wildman–Crippen MR) is 149 cm³/mol. The Morgan fingerprint density at radius 2 is 1.80 bits per heavy atom. The van der Waals surface area contributed by atoms with Crippen molar-refractivity contribution in [2.24, 2.45) is 0 Å². The Morgan fingerprint density at radius 1 is 1.05 bits per heavy atom. The number of hydrogen-bond acceptors (Lipinski definition) is 8. The fourth-order valence-electron chi connectivity index (χ4n) is 4.63. The topological polar surface area (TPSA) is 127 Å². The second kappa shape index (κ2) is 12.1. The molecule has 0 saturated carbocycles. The highest BCUT2D eigenvalue weighted by Gasteiger charge is 2.31. The molecule has 0 spiro atoms. The SMILES string of the molecule is CCOc1cccc(C(=O)NNC(=O)c2csc(C3CCN(C(=O)c4c(-c5ccccc5)noc4C)CC3)n2)c1. The largest absolute Gasteiger partial charge is 0.494 e. The van der Waals surface area contributed by atoms with Crippen LogP contribution in [0, 0.1) is 6.92 Å². The number of aryl methyl sites for hydroxylation is 1. The molecule has 40 heavy (non-hydrogen) atoms. The third kappa shape index (κ3) is 5.89. The van der Waals surface area contributed by atoms with Crippen LogP contribution in [0.4, 0.5) is 0 Å².